The number of nitrogens with zero attached hydrogens (tertiary/aromatic N) is 14. The summed E-state index contributed by atoms with van der Waals surface area (Å²) in [5.41, 5.74) is 11.7. The number of aromatic nitrogens is 9. The Morgan fingerprint density at radius 3 is 1.29 bits per heavy atom. The molecule has 12 aromatic rings. The van der Waals surface area contributed by atoms with E-state index in [1.807, 2.05) is 133 Å². The maximum Gasteiger partial charge on any atom is 0.270 e. The third kappa shape index (κ3) is 32.5. The number of nitrogens with one attached hydrogen (secondary N) is 1. The fraction of sp³-hybridized carbons (Fsp3) is 0.320. The second-order valence-electron chi connectivity index (χ2n) is 32.7. The highest BCUT2D eigenvalue weighted by Gasteiger charge is 2.25. The monoisotopic (exact) mass is 1790 g/mol. The van der Waals surface area contributed by atoms with Crippen molar-refractivity contribution >= 4 is 73.0 Å². The first-order chi connectivity index (χ1) is 58.7. The molecule has 0 amide bonds. The Balaban J connectivity index is 0.000000285. The van der Waals surface area contributed by atoms with Crippen LogP contribution in [0.25, 0.3) is 45.0 Å². The zero-order valence-electron chi connectivity index (χ0n) is 73.7. The number of rotatable bonds is 20. The van der Waals surface area contributed by atoms with Crippen molar-refractivity contribution in [1.29, 1.82) is 5.26 Å². The number of nitro benzene ring substituents is 4. The highest BCUT2D eigenvalue weighted by Crippen LogP contribution is 2.37. The predicted octanol–water partition coefficient (Wildman–Crippen LogP) is 23.1. The molecule has 127 heavy (non-hydrogen) atoms. The van der Waals surface area contributed by atoms with Gasteiger partial charge in [0.2, 0.25) is 0 Å². The van der Waals surface area contributed by atoms with Crippen molar-refractivity contribution in [2.75, 3.05) is 11.8 Å². The van der Waals surface area contributed by atoms with E-state index in [4.69, 9.17) is 27.9 Å². The molecule has 0 aliphatic heterocycles. The molecule has 0 saturated carbocycles. The standard InChI is InChI=1S/C25H24N4O2.C24H23Cl2N3O2.C17H16N4O5S.C15H14N4O2S.2C7H12.2CH4/c1-25(2,3)14-13-21-17-28(4)27-24(21)23-15-22(29(30)31)12-11-19(23)10-9-18-7-5-6-8-20(18)16-26;1-24(2,3)13-12-17-15-28(4)27-23(17)20-14-18(29(30)31)10-8-16(20)9-11-19-21(25)6-5-7-22(19)26;1-20-10-9-16(18-20)15-11-12(21(22)23)3-8-17(15)19-27(24,25)14-6-4-13(26-2)5-7-14;1-10-9-16-15(22-10)7-11-3-4-12(19(20)21)8-13(11)14-5-6-18(2)17-14;2*1-5-6-7(2,3)4;;/h5-8,11-12,15,17H,9-10H2,1-4H3;5-8,10,14-15H,9,11H2,1-4H3;3-11,19H,1-2H3;3-6,8-9H,7H2,1-2H3;2*1-4H3;2*1H4. The van der Waals surface area contributed by atoms with E-state index in [1.165, 1.54) is 72.5 Å². The number of sulfonamides is 1. The van der Waals surface area contributed by atoms with Crippen molar-refractivity contribution in [3.63, 3.8) is 0 Å². The molecule has 5 heterocycles. The van der Waals surface area contributed by atoms with E-state index in [2.05, 4.69) is 125 Å². The van der Waals surface area contributed by atoms with Crippen LogP contribution in [-0.2, 0) is 70.3 Å². The van der Waals surface area contributed by atoms with Crippen molar-refractivity contribution in [3.05, 3.63) is 288 Å². The predicted molar refractivity (Wildman–Crippen MR) is 509 cm³/mol. The van der Waals surface area contributed by atoms with Crippen LogP contribution < -0.4 is 9.46 Å². The van der Waals surface area contributed by atoms with Crippen LogP contribution in [0.1, 0.15) is 166 Å². The Bertz CT molecular complexity index is 6270. The van der Waals surface area contributed by atoms with Gasteiger partial charge in [0.1, 0.15) is 17.1 Å². The van der Waals surface area contributed by atoms with Crippen molar-refractivity contribution < 1.29 is 32.8 Å². The van der Waals surface area contributed by atoms with E-state index in [-0.39, 0.29) is 74.8 Å². The maximum atomic E-state index is 12.7. The van der Waals surface area contributed by atoms with Gasteiger partial charge in [-0.25, -0.2) is 13.4 Å². The fourth-order valence-corrected chi connectivity index (χ4v) is 14.4. The van der Waals surface area contributed by atoms with E-state index in [0.29, 0.717) is 87.2 Å². The van der Waals surface area contributed by atoms with Gasteiger partial charge >= 0.3 is 0 Å². The highest BCUT2D eigenvalue weighted by atomic mass is 35.5. The number of non-ortho nitro benzene ring substituents is 4. The fourth-order valence-electron chi connectivity index (χ4n) is 11.9. The van der Waals surface area contributed by atoms with Gasteiger partial charge in [0.25, 0.3) is 32.8 Å². The SMILES string of the molecule is C.C.CC#CC(C)(C)C.CC#CC(C)(C)C.COc1ccc(S(=O)(=O)Nc2ccc([N+](=O)[O-])cc2-c2ccn(C)n2)cc1.Cc1cnc(Cc2ccc([N+](=O)[O-])cc2-c2ccn(C)n2)s1.Cn1cc(C#CC(C)(C)C)c(-c2cc([N+](=O)[O-])ccc2CCc2c(Cl)cccc2Cl)n1.Cn1cc(C#CC(C)(C)C)c(-c2cc([N+](=O)[O-])ccc2CCc2ccccc2C#N)n1. The van der Waals surface area contributed by atoms with Crippen LogP contribution in [0.5, 0.6) is 5.75 Å². The molecule has 0 atom stereocenters. The molecule has 1 N–H and O–H groups in total. The first-order valence-corrected chi connectivity index (χ1v) is 42.3. The molecule has 0 saturated heterocycles. The van der Waals surface area contributed by atoms with Gasteiger partial charge in [-0.15, -0.1) is 23.2 Å². The summed E-state index contributed by atoms with van der Waals surface area (Å²) in [6.45, 7) is 30.5. The summed E-state index contributed by atoms with van der Waals surface area (Å²) in [6, 6.07) is 43.0. The molecule has 664 valence electrons. The van der Waals surface area contributed by atoms with Crippen molar-refractivity contribution in [2.45, 2.75) is 156 Å². The molecule has 26 nitrogen and oxygen atoms in total. The van der Waals surface area contributed by atoms with Crippen molar-refractivity contribution in [2.24, 2.45) is 49.9 Å². The van der Waals surface area contributed by atoms with Crippen LogP contribution in [0.3, 0.4) is 0 Å². The molecule has 0 aliphatic carbocycles. The Kier molecular flexibility index (Phi) is 38.0. The average molecular weight is 1800 g/mol. The number of anilines is 1. The number of methoxy groups -OCH3 is 1. The lowest BCUT2D eigenvalue weighted by Gasteiger charge is -2.12. The van der Waals surface area contributed by atoms with Gasteiger partial charge in [-0.05, 0) is 218 Å². The van der Waals surface area contributed by atoms with Gasteiger partial charge in [-0.1, -0.05) is 116 Å². The maximum absolute atomic E-state index is 12.7. The summed E-state index contributed by atoms with van der Waals surface area (Å²) in [6.07, 6.45) is 12.1. The van der Waals surface area contributed by atoms with Gasteiger partial charge in [0, 0.05) is 173 Å². The van der Waals surface area contributed by atoms with Gasteiger partial charge < -0.3 is 4.74 Å². The van der Waals surface area contributed by atoms with Gasteiger partial charge in [0.05, 0.1) is 76.5 Å². The minimum absolute atomic E-state index is 0. The lowest BCUT2D eigenvalue weighted by molar-refractivity contribution is -0.385. The van der Waals surface area contributed by atoms with E-state index >= 15 is 0 Å². The van der Waals surface area contributed by atoms with Crippen LogP contribution in [-0.4, -0.2) is 79.3 Å². The molecule has 0 aliphatic rings. The smallest absolute Gasteiger partial charge is 0.270 e. The number of benzene rings is 7. The minimum atomic E-state index is -3.91. The Morgan fingerprint density at radius 1 is 0.488 bits per heavy atom. The average Bonchev–Trinajstić information content (AvgIpc) is 1.80. The molecule has 30 heteroatoms. The zero-order valence-corrected chi connectivity index (χ0v) is 76.8. The second-order valence-corrected chi connectivity index (χ2v) is 36.5. The molecule has 0 bridgehead atoms. The first-order valence-electron chi connectivity index (χ1n) is 39.3. The van der Waals surface area contributed by atoms with Crippen LogP contribution in [0.4, 0.5) is 28.4 Å². The van der Waals surface area contributed by atoms with Crippen LogP contribution in [0.2, 0.25) is 10.0 Å². The summed E-state index contributed by atoms with van der Waals surface area (Å²) >= 11 is 14.3. The Hall–Kier alpha value is -13.5. The molecule has 0 radical (unpaired) electrons. The number of halogens is 2. The molecule has 0 spiro atoms. The first kappa shape index (κ1) is 104. The zero-order chi connectivity index (χ0) is 92.5. The quantitative estimate of drug-likeness (QED) is 0.0421. The van der Waals surface area contributed by atoms with Crippen molar-refractivity contribution in [3.8, 4) is 104 Å². The molecule has 5 aromatic heterocycles. The second kappa shape index (κ2) is 46.4. The number of hydrogen-bond donors (Lipinski definition) is 1. The number of nitriles is 1. The summed E-state index contributed by atoms with van der Waals surface area (Å²) in [5.74, 6) is 25.1. The van der Waals surface area contributed by atoms with Gasteiger partial charge in [0.15, 0.2) is 0 Å². The summed E-state index contributed by atoms with van der Waals surface area (Å²) < 4.78 is 39.5. The number of nitro groups is 4. The van der Waals surface area contributed by atoms with E-state index < -0.39 is 24.8 Å². The van der Waals surface area contributed by atoms with Crippen LogP contribution in [0.15, 0.2) is 188 Å². The van der Waals surface area contributed by atoms with E-state index in [1.54, 1.807) is 105 Å². The summed E-state index contributed by atoms with van der Waals surface area (Å²) in [5, 5.41) is 74.3. The third-order valence-corrected chi connectivity index (χ3v) is 20.6. The highest BCUT2D eigenvalue weighted by molar-refractivity contribution is 7.92. The van der Waals surface area contributed by atoms with E-state index in [9.17, 15) is 54.1 Å². The van der Waals surface area contributed by atoms with Gasteiger partial charge in [-0.2, -0.15) is 25.7 Å². The lowest BCUT2D eigenvalue weighted by Crippen LogP contribution is -2.13. The Morgan fingerprint density at radius 2 is 0.898 bits per heavy atom. The number of thiazole rings is 1. The normalized spacial score (nSPS) is 10.7. The topological polar surface area (TPSA) is 336 Å². The molecule has 0 fully saturated rings. The molecule has 12 rings (SSSR count). The number of hydrogen-bond acceptors (Lipinski definition) is 18. The number of aryl methyl sites for hydroxylation is 8. The lowest BCUT2D eigenvalue weighted by atomic mass is 9.94. The molecule has 0 unspecified atom stereocenters. The summed E-state index contributed by atoms with van der Waals surface area (Å²) in [4.78, 5) is 48.8. The third-order valence-electron chi connectivity index (χ3n) is 17.6. The minimum Gasteiger partial charge on any atom is -0.497 e. The van der Waals surface area contributed by atoms with Crippen molar-refractivity contribution in [1.82, 2.24) is 44.1 Å². The van der Waals surface area contributed by atoms with Crippen LogP contribution >= 0.6 is 34.5 Å². The number of ether oxygens (including phenoxy) is 1. The van der Waals surface area contributed by atoms with Crippen LogP contribution in [0, 0.1) is 128 Å². The molecule has 7 aromatic carbocycles. The molecular weight excluding hydrogens is 1690 g/mol. The van der Waals surface area contributed by atoms with E-state index in [0.717, 1.165) is 60.1 Å². The summed E-state index contributed by atoms with van der Waals surface area (Å²) in [7, 11) is 4.72. The molecular formula is C97H109Cl2N15O11S2. The largest absolute Gasteiger partial charge is 0.497 e. The Labute approximate surface area is 759 Å². The van der Waals surface area contributed by atoms with Gasteiger partial charge in [-0.3, -0.25) is 63.9 Å².